The predicted octanol–water partition coefficient (Wildman–Crippen LogP) is 1.46. The molecule has 4 heteroatoms. The van der Waals surface area contributed by atoms with Crippen LogP contribution in [0, 0.1) is 0 Å². The second-order valence-electron chi connectivity index (χ2n) is 3.04. The molecule has 1 heterocycles. The number of rotatable bonds is 5. The lowest BCUT2D eigenvalue weighted by atomic mass is 10.3. The van der Waals surface area contributed by atoms with Crippen molar-refractivity contribution in [2.45, 2.75) is 26.1 Å². The average Bonchev–Trinajstić information content (AvgIpc) is 2.15. The maximum Gasteiger partial charge on any atom is 0.305 e. The second kappa shape index (κ2) is 5.34. The fraction of sp³-hybridized carbons (Fsp3) is 0.400. The zero-order valence-corrected chi connectivity index (χ0v) is 8.01. The number of aliphatic carboxylic acids is 1. The van der Waals surface area contributed by atoms with Gasteiger partial charge in [0.25, 0.3) is 0 Å². The van der Waals surface area contributed by atoms with E-state index in [-0.39, 0.29) is 12.5 Å². The van der Waals surface area contributed by atoms with Gasteiger partial charge in [-0.3, -0.25) is 9.78 Å². The summed E-state index contributed by atoms with van der Waals surface area (Å²) in [5.41, 5.74) is 0.810. The third-order valence-electron chi connectivity index (χ3n) is 1.70. The fourth-order valence-electron chi connectivity index (χ4n) is 1.02. The molecule has 1 aromatic rings. The van der Waals surface area contributed by atoms with E-state index < -0.39 is 5.97 Å². The van der Waals surface area contributed by atoms with E-state index in [1.54, 1.807) is 13.1 Å². The molecule has 0 spiro atoms. The molecule has 0 saturated heterocycles. The molecule has 0 radical (unpaired) electrons. The summed E-state index contributed by atoms with van der Waals surface area (Å²) >= 11 is 0. The lowest BCUT2D eigenvalue weighted by Gasteiger charge is -2.09. The molecule has 1 N–H and O–H groups in total. The number of carboxylic acids is 1. The van der Waals surface area contributed by atoms with Crippen molar-refractivity contribution in [1.29, 1.82) is 0 Å². The molecular formula is C10H13NO3. The molecule has 0 aliphatic carbocycles. The van der Waals surface area contributed by atoms with Gasteiger partial charge in [0, 0.05) is 6.20 Å². The van der Waals surface area contributed by atoms with Gasteiger partial charge in [-0.05, 0) is 19.1 Å². The topological polar surface area (TPSA) is 59.4 Å². The van der Waals surface area contributed by atoms with Gasteiger partial charge in [-0.2, -0.15) is 0 Å². The predicted molar refractivity (Wildman–Crippen MR) is 50.7 cm³/mol. The van der Waals surface area contributed by atoms with Gasteiger partial charge in [-0.1, -0.05) is 6.07 Å². The second-order valence-corrected chi connectivity index (χ2v) is 3.04. The highest BCUT2D eigenvalue weighted by atomic mass is 16.5. The summed E-state index contributed by atoms with van der Waals surface area (Å²) in [6.07, 6.45) is 1.42. The molecule has 1 atom stereocenters. The number of carbonyl (C=O) groups is 1. The van der Waals surface area contributed by atoms with Gasteiger partial charge in [-0.25, -0.2) is 0 Å². The first kappa shape index (κ1) is 10.7. The summed E-state index contributed by atoms with van der Waals surface area (Å²) in [6.45, 7) is 2.09. The SMILES string of the molecule is C[C@@H](CC(=O)O)OCc1ccccn1. The van der Waals surface area contributed by atoms with E-state index >= 15 is 0 Å². The molecule has 0 aliphatic rings. The molecule has 1 aromatic heterocycles. The van der Waals surface area contributed by atoms with E-state index in [4.69, 9.17) is 9.84 Å². The van der Waals surface area contributed by atoms with Gasteiger partial charge >= 0.3 is 5.97 Å². The summed E-state index contributed by atoms with van der Waals surface area (Å²) in [4.78, 5) is 14.4. The minimum atomic E-state index is -0.849. The maximum atomic E-state index is 10.3. The van der Waals surface area contributed by atoms with Gasteiger partial charge in [0.05, 0.1) is 24.8 Å². The van der Waals surface area contributed by atoms with E-state index in [0.717, 1.165) is 5.69 Å². The number of ether oxygens (including phenoxy) is 1. The van der Waals surface area contributed by atoms with E-state index in [0.29, 0.717) is 6.61 Å². The Morgan fingerprint density at radius 2 is 2.43 bits per heavy atom. The van der Waals surface area contributed by atoms with Crippen LogP contribution in [0.25, 0.3) is 0 Å². The Labute approximate surface area is 82.5 Å². The monoisotopic (exact) mass is 195 g/mol. The van der Waals surface area contributed by atoms with Crippen LogP contribution >= 0.6 is 0 Å². The van der Waals surface area contributed by atoms with Crippen LogP contribution in [-0.4, -0.2) is 22.2 Å². The molecule has 14 heavy (non-hydrogen) atoms. The highest BCUT2D eigenvalue weighted by molar-refractivity contribution is 5.67. The molecule has 4 nitrogen and oxygen atoms in total. The highest BCUT2D eigenvalue weighted by Crippen LogP contribution is 2.02. The van der Waals surface area contributed by atoms with E-state index in [2.05, 4.69) is 4.98 Å². The van der Waals surface area contributed by atoms with Crippen LogP contribution in [-0.2, 0) is 16.1 Å². The van der Waals surface area contributed by atoms with Gasteiger partial charge in [0.1, 0.15) is 0 Å². The van der Waals surface area contributed by atoms with Crippen LogP contribution in [0.3, 0.4) is 0 Å². The van der Waals surface area contributed by atoms with Crippen LogP contribution in [0.2, 0.25) is 0 Å². The van der Waals surface area contributed by atoms with Crippen molar-refractivity contribution in [3.63, 3.8) is 0 Å². The minimum absolute atomic E-state index is 0.0207. The van der Waals surface area contributed by atoms with Gasteiger partial charge in [-0.15, -0.1) is 0 Å². The Morgan fingerprint density at radius 1 is 1.64 bits per heavy atom. The summed E-state index contributed by atoms with van der Waals surface area (Å²) < 4.78 is 5.30. The van der Waals surface area contributed by atoms with Gasteiger partial charge < -0.3 is 9.84 Å². The molecule has 0 bridgehead atoms. The molecule has 0 aromatic carbocycles. The molecule has 1 rings (SSSR count). The summed E-state index contributed by atoms with van der Waals surface area (Å²) in [5, 5.41) is 8.49. The quantitative estimate of drug-likeness (QED) is 0.772. The molecule has 0 unspecified atom stereocenters. The van der Waals surface area contributed by atoms with Crippen LogP contribution < -0.4 is 0 Å². The van der Waals surface area contributed by atoms with Crippen molar-refractivity contribution in [2.24, 2.45) is 0 Å². The first-order valence-corrected chi connectivity index (χ1v) is 4.42. The number of carboxylic acid groups (broad SMARTS) is 1. The summed E-state index contributed by atoms with van der Waals surface area (Å²) in [7, 11) is 0. The van der Waals surface area contributed by atoms with Gasteiger partial charge in [0.2, 0.25) is 0 Å². The van der Waals surface area contributed by atoms with Crippen molar-refractivity contribution in [1.82, 2.24) is 4.98 Å². The number of pyridine rings is 1. The Kier molecular flexibility index (Phi) is 4.07. The highest BCUT2D eigenvalue weighted by Gasteiger charge is 2.07. The maximum absolute atomic E-state index is 10.3. The number of aromatic nitrogens is 1. The van der Waals surface area contributed by atoms with E-state index in [1.165, 1.54) is 0 Å². The molecule has 0 aliphatic heterocycles. The Morgan fingerprint density at radius 3 is 3.00 bits per heavy atom. The van der Waals surface area contributed by atoms with Crippen LogP contribution in [0.4, 0.5) is 0 Å². The van der Waals surface area contributed by atoms with Crippen molar-refractivity contribution in [3.8, 4) is 0 Å². The number of hydrogen-bond acceptors (Lipinski definition) is 3. The summed E-state index contributed by atoms with van der Waals surface area (Å²) in [5.74, 6) is -0.849. The molecular weight excluding hydrogens is 182 g/mol. The normalized spacial score (nSPS) is 12.4. The Balaban J connectivity index is 2.30. The molecule has 0 fully saturated rings. The average molecular weight is 195 g/mol. The fourth-order valence-corrected chi connectivity index (χ4v) is 1.02. The zero-order valence-electron chi connectivity index (χ0n) is 8.01. The Bertz CT molecular complexity index is 287. The smallest absolute Gasteiger partial charge is 0.305 e. The van der Waals surface area contributed by atoms with Crippen LogP contribution in [0.1, 0.15) is 19.0 Å². The largest absolute Gasteiger partial charge is 0.481 e. The first-order chi connectivity index (χ1) is 6.68. The van der Waals surface area contributed by atoms with Crippen molar-refractivity contribution in [2.75, 3.05) is 0 Å². The summed E-state index contributed by atoms with van der Waals surface area (Å²) in [6, 6.07) is 5.53. The molecule has 76 valence electrons. The van der Waals surface area contributed by atoms with Crippen molar-refractivity contribution in [3.05, 3.63) is 30.1 Å². The standard InChI is InChI=1S/C10H13NO3/c1-8(6-10(12)13)14-7-9-4-2-3-5-11-9/h2-5,8H,6-7H2,1H3,(H,12,13)/t8-/m0/s1. The van der Waals surface area contributed by atoms with Crippen molar-refractivity contribution >= 4 is 5.97 Å². The van der Waals surface area contributed by atoms with E-state index in [1.807, 2.05) is 18.2 Å². The first-order valence-electron chi connectivity index (χ1n) is 4.42. The lowest BCUT2D eigenvalue weighted by molar-refractivity contribution is -0.140. The third kappa shape index (κ3) is 4.00. The number of hydrogen-bond donors (Lipinski definition) is 1. The Hall–Kier alpha value is -1.42. The van der Waals surface area contributed by atoms with Crippen LogP contribution in [0.5, 0.6) is 0 Å². The molecule has 0 saturated carbocycles. The van der Waals surface area contributed by atoms with Gasteiger partial charge in [0.15, 0.2) is 0 Å². The third-order valence-corrected chi connectivity index (χ3v) is 1.70. The van der Waals surface area contributed by atoms with E-state index in [9.17, 15) is 4.79 Å². The van der Waals surface area contributed by atoms with Crippen molar-refractivity contribution < 1.29 is 14.6 Å². The lowest BCUT2D eigenvalue weighted by Crippen LogP contribution is -2.13. The zero-order chi connectivity index (χ0) is 10.4. The minimum Gasteiger partial charge on any atom is -0.481 e. The number of nitrogens with zero attached hydrogens (tertiary/aromatic N) is 1. The van der Waals surface area contributed by atoms with Crippen LogP contribution in [0.15, 0.2) is 24.4 Å². The molecule has 0 amide bonds.